The SMILES string of the molecule is COc1ccc(/C=C2/NC(=S)N(C3CC3)C2=O)cc1COc1cc(F)ccc1[N+](=O)[O-]. The Hall–Kier alpha value is -3.53. The van der Waals surface area contributed by atoms with E-state index in [0.29, 0.717) is 27.7 Å². The number of carbonyl (C=O) groups excluding carboxylic acids is 1. The number of ether oxygens (including phenoxy) is 2. The number of halogens is 1. The fourth-order valence-electron chi connectivity index (χ4n) is 3.29. The van der Waals surface area contributed by atoms with Gasteiger partial charge in [0.25, 0.3) is 5.91 Å². The highest BCUT2D eigenvalue weighted by Crippen LogP contribution is 2.32. The molecule has 1 heterocycles. The number of nitro benzene ring substituents is 1. The highest BCUT2D eigenvalue weighted by atomic mass is 32.1. The molecule has 2 aromatic rings. The molecule has 10 heteroatoms. The molecule has 1 N–H and O–H groups in total. The van der Waals surface area contributed by atoms with Gasteiger partial charge in [0, 0.05) is 23.7 Å². The van der Waals surface area contributed by atoms with Crippen LogP contribution in [0.5, 0.6) is 11.5 Å². The first-order valence-electron chi connectivity index (χ1n) is 9.47. The number of nitro groups is 1. The largest absolute Gasteiger partial charge is 0.496 e. The molecule has 2 aromatic carbocycles. The Kier molecular flexibility index (Phi) is 5.55. The minimum Gasteiger partial charge on any atom is -0.496 e. The lowest BCUT2D eigenvalue weighted by molar-refractivity contribution is -0.386. The average molecular weight is 443 g/mol. The molecule has 2 fully saturated rings. The lowest BCUT2D eigenvalue weighted by Crippen LogP contribution is -2.32. The van der Waals surface area contributed by atoms with Crippen molar-refractivity contribution in [3.05, 3.63) is 69.2 Å². The monoisotopic (exact) mass is 443 g/mol. The third kappa shape index (κ3) is 4.33. The lowest BCUT2D eigenvalue weighted by Gasteiger charge is -2.12. The number of methoxy groups -OCH3 is 1. The van der Waals surface area contributed by atoms with E-state index in [1.54, 1.807) is 29.2 Å². The molecule has 4 rings (SSSR count). The van der Waals surface area contributed by atoms with Gasteiger partial charge in [-0.3, -0.25) is 19.8 Å². The van der Waals surface area contributed by atoms with Crippen molar-refractivity contribution < 1.29 is 23.6 Å². The maximum Gasteiger partial charge on any atom is 0.311 e. The summed E-state index contributed by atoms with van der Waals surface area (Å²) in [4.78, 5) is 24.7. The van der Waals surface area contributed by atoms with Crippen LogP contribution in [0.2, 0.25) is 0 Å². The van der Waals surface area contributed by atoms with Crippen LogP contribution in [0, 0.1) is 15.9 Å². The molecular formula is C21H18FN3O5S. The number of benzene rings is 2. The Bertz CT molecular complexity index is 1120. The van der Waals surface area contributed by atoms with Crippen molar-refractivity contribution in [1.82, 2.24) is 10.2 Å². The zero-order valence-corrected chi connectivity index (χ0v) is 17.3. The summed E-state index contributed by atoms with van der Waals surface area (Å²) in [5, 5.41) is 14.5. The molecule has 1 amide bonds. The van der Waals surface area contributed by atoms with E-state index in [1.807, 2.05) is 0 Å². The highest BCUT2D eigenvalue weighted by Gasteiger charge is 2.41. The summed E-state index contributed by atoms with van der Waals surface area (Å²) < 4.78 is 24.4. The molecular weight excluding hydrogens is 425 g/mol. The van der Waals surface area contributed by atoms with E-state index in [-0.39, 0.29) is 30.0 Å². The van der Waals surface area contributed by atoms with E-state index < -0.39 is 10.7 Å². The number of nitrogens with one attached hydrogen (secondary N) is 1. The number of amides is 1. The van der Waals surface area contributed by atoms with Crippen LogP contribution in [0.3, 0.4) is 0 Å². The van der Waals surface area contributed by atoms with Gasteiger partial charge in [0.15, 0.2) is 10.9 Å². The quantitative estimate of drug-likeness (QED) is 0.303. The fraction of sp³-hybridized carbons (Fsp3) is 0.238. The summed E-state index contributed by atoms with van der Waals surface area (Å²) in [6.07, 6.45) is 3.55. The standard InChI is InChI=1S/C21H18FN3O5S/c1-29-18-7-2-12(9-16-20(26)24(15-4-5-15)21(31)23-16)8-13(18)11-30-19-10-14(22)3-6-17(19)25(27)28/h2-3,6-10,15H,4-5,11H2,1H3,(H,23,31)/b16-9+. The Morgan fingerprint density at radius 1 is 1.29 bits per heavy atom. The van der Waals surface area contributed by atoms with Crippen LogP contribution < -0.4 is 14.8 Å². The normalized spacial score (nSPS) is 17.1. The molecule has 1 aliphatic carbocycles. The van der Waals surface area contributed by atoms with E-state index in [0.717, 1.165) is 31.0 Å². The number of hydrogen-bond acceptors (Lipinski definition) is 6. The summed E-state index contributed by atoms with van der Waals surface area (Å²) in [6.45, 7) is -0.0987. The smallest absolute Gasteiger partial charge is 0.311 e. The molecule has 0 radical (unpaired) electrons. The molecule has 1 aliphatic heterocycles. The van der Waals surface area contributed by atoms with Crippen molar-refractivity contribution in [3.63, 3.8) is 0 Å². The molecule has 31 heavy (non-hydrogen) atoms. The van der Waals surface area contributed by atoms with E-state index >= 15 is 0 Å². The molecule has 1 saturated carbocycles. The van der Waals surface area contributed by atoms with Gasteiger partial charge in [-0.2, -0.15) is 0 Å². The minimum atomic E-state index is -0.645. The topological polar surface area (TPSA) is 93.9 Å². The maximum atomic E-state index is 13.5. The van der Waals surface area contributed by atoms with E-state index in [9.17, 15) is 19.3 Å². The van der Waals surface area contributed by atoms with Crippen LogP contribution in [0.15, 0.2) is 42.1 Å². The minimum absolute atomic E-state index is 0.0987. The Balaban J connectivity index is 1.58. The van der Waals surface area contributed by atoms with Crippen molar-refractivity contribution in [2.45, 2.75) is 25.5 Å². The molecule has 8 nitrogen and oxygen atoms in total. The van der Waals surface area contributed by atoms with Crippen molar-refractivity contribution in [2.24, 2.45) is 0 Å². The molecule has 0 aromatic heterocycles. The molecule has 0 bridgehead atoms. The van der Waals surface area contributed by atoms with Gasteiger partial charge in [0.1, 0.15) is 23.9 Å². The zero-order valence-electron chi connectivity index (χ0n) is 16.5. The summed E-state index contributed by atoms with van der Waals surface area (Å²) in [7, 11) is 1.48. The number of carbonyl (C=O) groups is 1. The predicted molar refractivity (Wildman–Crippen MR) is 114 cm³/mol. The van der Waals surface area contributed by atoms with Gasteiger partial charge in [-0.15, -0.1) is 0 Å². The van der Waals surface area contributed by atoms with Gasteiger partial charge in [-0.1, -0.05) is 6.07 Å². The first kappa shape index (κ1) is 20.7. The van der Waals surface area contributed by atoms with Gasteiger partial charge < -0.3 is 14.8 Å². The Labute approximate surface area is 182 Å². The third-order valence-electron chi connectivity index (χ3n) is 4.94. The van der Waals surface area contributed by atoms with Crippen LogP contribution >= 0.6 is 12.2 Å². The van der Waals surface area contributed by atoms with Crippen molar-refractivity contribution >= 4 is 35.0 Å². The fourth-order valence-corrected chi connectivity index (χ4v) is 3.63. The van der Waals surface area contributed by atoms with Crippen molar-refractivity contribution in [2.75, 3.05) is 7.11 Å². The lowest BCUT2D eigenvalue weighted by atomic mass is 10.1. The van der Waals surface area contributed by atoms with Crippen LogP contribution in [-0.2, 0) is 11.4 Å². The number of rotatable bonds is 7. The van der Waals surface area contributed by atoms with Gasteiger partial charge in [-0.05, 0) is 54.9 Å². The van der Waals surface area contributed by atoms with Crippen molar-refractivity contribution in [1.29, 1.82) is 0 Å². The van der Waals surface area contributed by atoms with Crippen LogP contribution in [-0.4, -0.2) is 34.0 Å². The molecule has 0 atom stereocenters. The molecule has 0 spiro atoms. The van der Waals surface area contributed by atoms with Gasteiger partial charge in [0.05, 0.1) is 12.0 Å². The van der Waals surface area contributed by atoms with E-state index in [1.165, 1.54) is 7.11 Å². The molecule has 1 saturated heterocycles. The van der Waals surface area contributed by atoms with Crippen LogP contribution in [0.1, 0.15) is 24.0 Å². The van der Waals surface area contributed by atoms with E-state index in [2.05, 4.69) is 5.32 Å². The second kappa shape index (κ2) is 8.31. The second-order valence-electron chi connectivity index (χ2n) is 7.12. The first-order chi connectivity index (χ1) is 14.9. The van der Waals surface area contributed by atoms with Crippen LogP contribution in [0.25, 0.3) is 6.08 Å². The zero-order chi connectivity index (χ0) is 22.1. The van der Waals surface area contributed by atoms with Gasteiger partial charge in [0.2, 0.25) is 0 Å². The molecule has 0 unspecified atom stereocenters. The second-order valence-corrected chi connectivity index (χ2v) is 7.51. The average Bonchev–Trinajstić information content (AvgIpc) is 3.52. The number of nitrogens with zero attached hydrogens (tertiary/aromatic N) is 2. The maximum absolute atomic E-state index is 13.5. The third-order valence-corrected chi connectivity index (χ3v) is 5.24. The number of hydrogen-bond donors (Lipinski definition) is 1. The summed E-state index contributed by atoms with van der Waals surface area (Å²) in [5.41, 5.74) is 1.29. The Morgan fingerprint density at radius 2 is 2.06 bits per heavy atom. The highest BCUT2D eigenvalue weighted by molar-refractivity contribution is 7.80. The first-order valence-corrected chi connectivity index (χ1v) is 9.88. The summed E-state index contributed by atoms with van der Waals surface area (Å²) in [6, 6.07) is 8.37. The predicted octanol–water partition coefficient (Wildman–Crippen LogP) is 3.54. The molecule has 2 aliphatic rings. The summed E-state index contributed by atoms with van der Waals surface area (Å²) in [5.74, 6) is -0.513. The Morgan fingerprint density at radius 3 is 2.74 bits per heavy atom. The number of thiocarbonyl (C=S) groups is 1. The van der Waals surface area contributed by atoms with Gasteiger partial charge in [-0.25, -0.2) is 4.39 Å². The van der Waals surface area contributed by atoms with Gasteiger partial charge >= 0.3 is 5.69 Å². The van der Waals surface area contributed by atoms with Crippen molar-refractivity contribution in [3.8, 4) is 11.5 Å². The summed E-state index contributed by atoms with van der Waals surface area (Å²) >= 11 is 5.26. The van der Waals surface area contributed by atoms with Crippen LogP contribution in [0.4, 0.5) is 10.1 Å². The molecule has 160 valence electrons. The van der Waals surface area contributed by atoms with E-state index in [4.69, 9.17) is 21.7 Å².